The Labute approximate surface area is 208 Å². The number of nitrogens with zero attached hydrogens (tertiary/aromatic N) is 2. The third-order valence-corrected chi connectivity index (χ3v) is 6.47. The number of rotatable bonds is 7. The molecule has 1 amide bonds. The maximum atomic E-state index is 13.7. The van der Waals surface area contributed by atoms with Gasteiger partial charge in [-0.15, -0.1) is 0 Å². The summed E-state index contributed by atoms with van der Waals surface area (Å²) in [5, 5.41) is 18.3. The number of carbonyl (C=O) groups is 1. The van der Waals surface area contributed by atoms with E-state index in [-0.39, 0.29) is 18.2 Å². The molecule has 36 heavy (non-hydrogen) atoms. The van der Waals surface area contributed by atoms with Gasteiger partial charge < -0.3 is 28.6 Å². The maximum absolute atomic E-state index is 13.7. The van der Waals surface area contributed by atoms with Crippen molar-refractivity contribution in [3.63, 3.8) is 0 Å². The van der Waals surface area contributed by atoms with Crippen LogP contribution in [0.15, 0.2) is 47.1 Å². The molecule has 3 heterocycles. The Hall–Kier alpha value is -4.40. The number of phenolic OH excluding ortho intramolecular Hbond substituents is 1. The molecule has 0 saturated heterocycles. The van der Waals surface area contributed by atoms with Gasteiger partial charge in [0, 0.05) is 11.1 Å². The second-order valence-corrected chi connectivity index (χ2v) is 8.71. The SMILES string of the molecule is COc1cc(C2c3c(-c4c(C)cc(C)cc4O)n[nH]c3C(=O)N2Cc2ccco2)cc(OC)c1OC. The highest BCUT2D eigenvalue weighted by Gasteiger charge is 2.43. The van der Waals surface area contributed by atoms with Crippen molar-refractivity contribution < 1.29 is 28.5 Å². The average molecular weight is 490 g/mol. The van der Waals surface area contributed by atoms with Crippen LogP contribution in [-0.2, 0) is 6.54 Å². The molecule has 2 aromatic heterocycles. The molecule has 0 fully saturated rings. The lowest BCUT2D eigenvalue weighted by Crippen LogP contribution is -2.29. The van der Waals surface area contributed by atoms with E-state index >= 15 is 0 Å². The van der Waals surface area contributed by atoms with E-state index in [2.05, 4.69) is 10.2 Å². The summed E-state index contributed by atoms with van der Waals surface area (Å²) in [4.78, 5) is 15.4. The van der Waals surface area contributed by atoms with Gasteiger partial charge in [0.25, 0.3) is 5.91 Å². The first kappa shape index (κ1) is 23.3. The fourth-order valence-electron chi connectivity index (χ4n) is 4.98. The number of hydrogen-bond acceptors (Lipinski definition) is 7. The molecule has 0 radical (unpaired) electrons. The van der Waals surface area contributed by atoms with Crippen LogP contribution in [-0.4, -0.2) is 47.4 Å². The van der Waals surface area contributed by atoms with Gasteiger partial charge >= 0.3 is 0 Å². The van der Waals surface area contributed by atoms with E-state index in [0.717, 1.165) is 16.7 Å². The van der Waals surface area contributed by atoms with Crippen molar-refractivity contribution >= 4 is 5.91 Å². The number of amides is 1. The minimum atomic E-state index is -0.569. The van der Waals surface area contributed by atoms with Crippen molar-refractivity contribution in [2.75, 3.05) is 21.3 Å². The van der Waals surface area contributed by atoms with Gasteiger partial charge in [-0.1, -0.05) is 6.07 Å². The molecular weight excluding hydrogens is 462 g/mol. The predicted molar refractivity (Wildman–Crippen MR) is 132 cm³/mol. The molecule has 4 aromatic rings. The molecular formula is C27H27N3O6. The fourth-order valence-corrected chi connectivity index (χ4v) is 4.98. The summed E-state index contributed by atoms with van der Waals surface area (Å²) in [5.41, 5.74) is 4.60. The first-order valence-corrected chi connectivity index (χ1v) is 11.4. The van der Waals surface area contributed by atoms with Gasteiger partial charge in [0.1, 0.15) is 22.9 Å². The minimum absolute atomic E-state index is 0.0994. The zero-order chi connectivity index (χ0) is 25.6. The van der Waals surface area contributed by atoms with Crippen LogP contribution in [0.4, 0.5) is 0 Å². The standard InChI is InChI=1S/C27H27N3O6/c1-14-9-15(2)21(18(31)10-14)23-22-24(29-28-23)27(32)30(13-17-7-6-8-36-17)25(22)16-11-19(33-3)26(35-5)20(12-16)34-4/h6-12,25,31H,13H2,1-5H3,(H,28,29). The second kappa shape index (κ2) is 8.99. The van der Waals surface area contributed by atoms with Gasteiger partial charge in [-0.3, -0.25) is 9.89 Å². The Bertz CT molecular complexity index is 1390. The molecule has 1 aliphatic rings. The van der Waals surface area contributed by atoms with Gasteiger partial charge in [-0.2, -0.15) is 5.10 Å². The molecule has 1 aliphatic heterocycles. The summed E-state index contributed by atoms with van der Waals surface area (Å²) < 4.78 is 22.3. The van der Waals surface area contributed by atoms with E-state index in [4.69, 9.17) is 18.6 Å². The van der Waals surface area contributed by atoms with Gasteiger partial charge in [0.2, 0.25) is 5.75 Å². The number of carbonyl (C=O) groups excluding carboxylic acids is 1. The summed E-state index contributed by atoms with van der Waals surface area (Å²) >= 11 is 0. The summed E-state index contributed by atoms with van der Waals surface area (Å²) in [5.74, 6) is 1.88. The van der Waals surface area contributed by atoms with Crippen LogP contribution in [0.2, 0.25) is 0 Å². The van der Waals surface area contributed by atoms with Crippen molar-refractivity contribution in [1.82, 2.24) is 15.1 Å². The Balaban J connectivity index is 1.75. The number of aromatic nitrogens is 2. The second-order valence-electron chi connectivity index (χ2n) is 8.71. The Morgan fingerprint density at radius 2 is 1.81 bits per heavy atom. The number of H-pyrrole nitrogens is 1. The van der Waals surface area contributed by atoms with Crippen LogP contribution in [0.25, 0.3) is 11.3 Å². The molecule has 9 heteroatoms. The lowest BCUT2D eigenvalue weighted by atomic mass is 9.92. The van der Waals surface area contributed by atoms with Crippen molar-refractivity contribution in [2.45, 2.75) is 26.4 Å². The molecule has 0 saturated carbocycles. The van der Waals surface area contributed by atoms with Crippen LogP contribution in [0.1, 0.15) is 44.5 Å². The largest absolute Gasteiger partial charge is 0.507 e. The van der Waals surface area contributed by atoms with Crippen molar-refractivity contribution in [1.29, 1.82) is 0 Å². The number of ether oxygens (including phenoxy) is 3. The number of methoxy groups -OCH3 is 3. The van der Waals surface area contributed by atoms with Gasteiger partial charge in [0.15, 0.2) is 11.5 Å². The Kier molecular flexibility index (Phi) is 5.83. The third kappa shape index (κ3) is 3.64. The highest BCUT2D eigenvalue weighted by Crippen LogP contribution is 2.49. The summed E-state index contributed by atoms with van der Waals surface area (Å²) in [7, 11) is 4.63. The number of fused-ring (bicyclic) bond motifs is 1. The molecule has 2 N–H and O–H groups in total. The van der Waals surface area contributed by atoms with E-state index < -0.39 is 6.04 Å². The summed E-state index contributed by atoms with van der Waals surface area (Å²) in [6, 6.07) is 10.3. The highest BCUT2D eigenvalue weighted by molar-refractivity contribution is 6.00. The molecule has 0 bridgehead atoms. The van der Waals surface area contributed by atoms with Crippen molar-refractivity contribution in [2.24, 2.45) is 0 Å². The molecule has 5 rings (SSSR count). The van der Waals surface area contributed by atoms with E-state index in [1.54, 1.807) is 37.5 Å². The highest BCUT2D eigenvalue weighted by atomic mass is 16.5. The number of furan rings is 1. The van der Waals surface area contributed by atoms with Crippen LogP contribution < -0.4 is 14.2 Å². The topological polar surface area (TPSA) is 110 Å². The average Bonchev–Trinajstić information content (AvgIpc) is 3.57. The van der Waals surface area contributed by atoms with E-state index in [1.165, 1.54) is 7.11 Å². The van der Waals surface area contributed by atoms with E-state index in [0.29, 0.717) is 45.5 Å². The summed E-state index contributed by atoms with van der Waals surface area (Å²) in [6.07, 6.45) is 1.57. The van der Waals surface area contributed by atoms with Gasteiger partial charge in [-0.05, 0) is 60.9 Å². The van der Waals surface area contributed by atoms with Crippen LogP contribution >= 0.6 is 0 Å². The molecule has 0 aliphatic carbocycles. The number of phenols is 1. The zero-order valence-corrected chi connectivity index (χ0v) is 20.7. The summed E-state index contributed by atoms with van der Waals surface area (Å²) in [6.45, 7) is 4.06. The Morgan fingerprint density at radius 3 is 2.39 bits per heavy atom. The number of aromatic hydroxyl groups is 1. The first-order valence-electron chi connectivity index (χ1n) is 11.4. The van der Waals surface area contributed by atoms with E-state index in [9.17, 15) is 9.90 Å². The number of benzene rings is 2. The third-order valence-electron chi connectivity index (χ3n) is 6.47. The minimum Gasteiger partial charge on any atom is -0.507 e. The monoisotopic (exact) mass is 489 g/mol. The van der Waals surface area contributed by atoms with Crippen molar-refractivity contribution in [3.8, 4) is 34.3 Å². The molecule has 9 nitrogen and oxygen atoms in total. The van der Waals surface area contributed by atoms with Crippen LogP contribution in [0, 0.1) is 13.8 Å². The van der Waals surface area contributed by atoms with Gasteiger partial charge in [-0.25, -0.2) is 0 Å². The quantitative estimate of drug-likeness (QED) is 0.385. The smallest absolute Gasteiger partial charge is 0.273 e. The molecule has 2 aromatic carbocycles. The fraction of sp³-hybridized carbons (Fsp3) is 0.259. The number of nitrogens with one attached hydrogen (secondary N) is 1. The molecule has 0 spiro atoms. The number of aryl methyl sites for hydroxylation is 2. The lowest BCUT2D eigenvalue weighted by Gasteiger charge is -2.27. The molecule has 186 valence electrons. The Morgan fingerprint density at radius 1 is 1.08 bits per heavy atom. The zero-order valence-electron chi connectivity index (χ0n) is 20.7. The lowest BCUT2D eigenvalue weighted by molar-refractivity contribution is 0.0716. The molecule has 1 atom stereocenters. The maximum Gasteiger partial charge on any atom is 0.273 e. The first-order chi connectivity index (χ1) is 17.4. The van der Waals surface area contributed by atoms with Crippen LogP contribution in [0.3, 0.4) is 0 Å². The van der Waals surface area contributed by atoms with E-state index in [1.807, 2.05) is 38.1 Å². The molecule has 1 unspecified atom stereocenters. The predicted octanol–water partition coefficient (Wildman–Crippen LogP) is 4.76. The normalized spacial score (nSPS) is 14.8. The van der Waals surface area contributed by atoms with Crippen molar-refractivity contribution in [3.05, 3.63) is 76.4 Å². The van der Waals surface area contributed by atoms with Gasteiger partial charge in [0.05, 0.1) is 40.2 Å². The number of aromatic amines is 1. The van der Waals surface area contributed by atoms with Crippen LogP contribution in [0.5, 0.6) is 23.0 Å². The number of hydrogen-bond donors (Lipinski definition) is 2.